The van der Waals surface area contributed by atoms with E-state index in [2.05, 4.69) is 0 Å². The van der Waals surface area contributed by atoms with Crippen LogP contribution in [0.5, 0.6) is 0 Å². The molecule has 4 aliphatic rings. The number of aryl methyl sites for hydroxylation is 2. The monoisotopic (exact) mass is 409 g/mol. The molecule has 1 heterocycles. The summed E-state index contributed by atoms with van der Waals surface area (Å²) in [4.78, 5) is 29.2. The highest BCUT2D eigenvalue weighted by atomic mass is 16.3. The molecular formula is C27H23NO3. The molecule has 1 N–H and O–H groups in total. The van der Waals surface area contributed by atoms with Crippen molar-refractivity contribution in [2.75, 3.05) is 11.5 Å². The predicted molar refractivity (Wildman–Crippen MR) is 118 cm³/mol. The summed E-state index contributed by atoms with van der Waals surface area (Å²) < 4.78 is 0. The molecule has 154 valence electrons. The van der Waals surface area contributed by atoms with E-state index < -0.39 is 17.3 Å². The summed E-state index contributed by atoms with van der Waals surface area (Å²) in [6.07, 6.45) is 0. The van der Waals surface area contributed by atoms with Crippen LogP contribution >= 0.6 is 0 Å². The molecule has 4 nitrogen and oxygen atoms in total. The molecule has 1 saturated heterocycles. The fourth-order valence-corrected chi connectivity index (χ4v) is 6.49. The number of rotatable bonds is 2. The number of anilines is 1. The number of benzene rings is 3. The third-order valence-electron chi connectivity index (χ3n) is 7.64. The molecule has 2 amide bonds. The Morgan fingerprint density at radius 3 is 2.06 bits per heavy atom. The van der Waals surface area contributed by atoms with Crippen LogP contribution in [0.25, 0.3) is 0 Å². The summed E-state index contributed by atoms with van der Waals surface area (Å²) >= 11 is 0. The Morgan fingerprint density at radius 2 is 1.48 bits per heavy atom. The van der Waals surface area contributed by atoms with Gasteiger partial charge in [-0.25, -0.2) is 4.90 Å². The Morgan fingerprint density at radius 1 is 0.871 bits per heavy atom. The predicted octanol–water partition coefficient (Wildman–Crippen LogP) is 3.85. The maximum atomic E-state index is 14.0. The Kier molecular flexibility index (Phi) is 3.67. The first kappa shape index (κ1) is 18.5. The van der Waals surface area contributed by atoms with Crippen LogP contribution in [0.2, 0.25) is 0 Å². The van der Waals surface area contributed by atoms with Crippen molar-refractivity contribution in [1.82, 2.24) is 0 Å². The number of nitrogens with zero attached hydrogens (tertiary/aromatic N) is 1. The lowest BCUT2D eigenvalue weighted by molar-refractivity contribution is -0.124. The van der Waals surface area contributed by atoms with Gasteiger partial charge in [-0.3, -0.25) is 9.59 Å². The minimum atomic E-state index is -0.910. The maximum Gasteiger partial charge on any atom is 0.239 e. The molecule has 0 aromatic heterocycles. The number of amides is 2. The van der Waals surface area contributed by atoms with E-state index in [9.17, 15) is 14.7 Å². The number of aliphatic hydroxyl groups excluding tert-OH is 1. The van der Waals surface area contributed by atoms with Gasteiger partial charge in [0.1, 0.15) is 0 Å². The van der Waals surface area contributed by atoms with Gasteiger partial charge < -0.3 is 5.11 Å². The molecular weight excluding hydrogens is 386 g/mol. The van der Waals surface area contributed by atoms with E-state index in [0.29, 0.717) is 5.69 Å². The van der Waals surface area contributed by atoms with E-state index in [0.717, 1.165) is 33.4 Å². The van der Waals surface area contributed by atoms with Crippen molar-refractivity contribution in [3.05, 3.63) is 100 Å². The van der Waals surface area contributed by atoms with Crippen molar-refractivity contribution in [2.24, 2.45) is 11.8 Å². The van der Waals surface area contributed by atoms with Crippen LogP contribution in [0.3, 0.4) is 0 Å². The molecule has 0 unspecified atom stereocenters. The zero-order chi connectivity index (χ0) is 21.5. The third-order valence-corrected chi connectivity index (χ3v) is 7.64. The van der Waals surface area contributed by atoms with Gasteiger partial charge in [-0.2, -0.15) is 0 Å². The van der Waals surface area contributed by atoms with Crippen LogP contribution in [0.15, 0.2) is 66.7 Å². The van der Waals surface area contributed by atoms with Crippen LogP contribution in [-0.2, 0) is 15.0 Å². The molecule has 0 spiro atoms. The first-order chi connectivity index (χ1) is 15.0. The van der Waals surface area contributed by atoms with Crippen molar-refractivity contribution >= 4 is 17.5 Å². The van der Waals surface area contributed by atoms with Gasteiger partial charge in [-0.05, 0) is 47.7 Å². The summed E-state index contributed by atoms with van der Waals surface area (Å²) in [6, 6.07) is 21.8. The maximum absolute atomic E-state index is 14.0. The van der Waals surface area contributed by atoms with E-state index in [1.807, 2.05) is 80.6 Å². The van der Waals surface area contributed by atoms with Gasteiger partial charge >= 0.3 is 0 Å². The molecule has 1 aliphatic heterocycles. The summed E-state index contributed by atoms with van der Waals surface area (Å²) in [5.41, 5.74) is 5.80. The van der Waals surface area contributed by atoms with Crippen molar-refractivity contribution < 1.29 is 14.7 Å². The Balaban J connectivity index is 1.64. The van der Waals surface area contributed by atoms with Gasteiger partial charge in [0.05, 0.1) is 29.5 Å². The standard InChI is InChI=1S/C27H23NO3/c1-15-11-12-21(16(2)13-15)28-25(30)23-22-17-7-3-5-9-19(17)27(14-29,24(23)26(28)31)20-10-6-4-8-18(20)22/h3-13,22-24,29H,14H2,1-2H3/t22?,23-,24-,27?/m1/s1. The summed E-state index contributed by atoms with van der Waals surface area (Å²) in [5.74, 6) is -1.66. The number of hydrogen-bond donors (Lipinski definition) is 1. The van der Waals surface area contributed by atoms with E-state index in [1.54, 1.807) is 0 Å². The van der Waals surface area contributed by atoms with Crippen molar-refractivity contribution in [3.8, 4) is 0 Å². The normalized spacial score (nSPS) is 27.8. The number of aliphatic hydroxyl groups is 1. The van der Waals surface area contributed by atoms with Gasteiger partial charge in [0.25, 0.3) is 0 Å². The molecule has 3 aromatic rings. The van der Waals surface area contributed by atoms with Crippen molar-refractivity contribution in [3.63, 3.8) is 0 Å². The lowest BCUT2D eigenvalue weighted by Gasteiger charge is -2.53. The van der Waals surface area contributed by atoms with Gasteiger partial charge in [0, 0.05) is 5.92 Å². The molecule has 2 atom stereocenters. The quantitative estimate of drug-likeness (QED) is 0.654. The van der Waals surface area contributed by atoms with Crippen LogP contribution in [0.4, 0.5) is 5.69 Å². The van der Waals surface area contributed by atoms with E-state index >= 15 is 0 Å². The molecule has 0 saturated carbocycles. The molecule has 31 heavy (non-hydrogen) atoms. The number of imide groups is 1. The molecule has 3 aliphatic carbocycles. The first-order valence-electron chi connectivity index (χ1n) is 10.8. The van der Waals surface area contributed by atoms with Crippen LogP contribution in [-0.4, -0.2) is 23.5 Å². The highest BCUT2D eigenvalue weighted by Crippen LogP contribution is 2.64. The van der Waals surface area contributed by atoms with Gasteiger partial charge in [0.2, 0.25) is 11.8 Å². The zero-order valence-electron chi connectivity index (χ0n) is 17.5. The highest BCUT2D eigenvalue weighted by molar-refractivity contribution is 6.24. The first-order valence-corrected chi connectivity index (χ1v) is 10.8. The molecule has 0 radical (unpaired) electrons. The average molecular weight is 409 g/mol. The molecule has 4 heteroatoms. The average Bonchev–Trinajstić information content (AvgIpc) is 3.05. The van der Waals surface area contributed by atoms with Gasteiger partial charge in [-0.15, -0.1) is 0 Å². The second-order valence-corrected chi connectivity index (χ2v) is 9.09. The van der Waals surface area contributed by atoms with Gasteiger partial charge in [0.15, 0.2) is 0 Å². The van der Waals surface area contributed by atoms with Gasteiger partial charge in [-0.1, -0.05) is 66.2 Å². The second kappa shape index (κ2) is 6.14. The molecule has 3 aromatic carbocycles. The summed E-state index contributed by atoms with van der Waals surface area (Å²) in [6.45, 7) is 3.72. The van der Waals surface area contributed by atoms with Crippen LogP contribution < -0.4 is 4.90 Å². The fraction of sp³-hybridized carbons (Fsp3) is 0.259. The Hall–Kier alpha value is -3.24. The number of hydrogen-bond acceptors (Lipinski definition) is 3. The second-order valence-electron chi connectivity index (χ2n) is 9.09. The highest BCUT2D eigenvalue weighted by Gasteiger charge is 2.68. The van der Waals surface area contributed by atoms with Crippen LogP contribution in [0.1, 0.15) is 39.3 Å². The Labute approximate surface area is 181 Å². The minimum absolute atomic E-state index is 0.159. The fourth-order valence-electron chi connectivity index (χ4n) is 6.49. The number of carbonyl (C=O) groups excluding carboxylic acids is 2. The van der Waals surface area contributed by atoms with Crippen molar-refractivity contribution in [1.29, 1.82) is 0 Å². The lowest BCUT2D eigenvalue weighted by Crippen LogP contribution is -2.55. The van der Waals surface area contributed by atoms with E-state index in [-0.39, 0.29) is 24.3 Å². The minimum Gasteiger partial charge on any atom is -0.395 e. The molecule has 1 fully saturated rings. The molecule has 7 rings (SSSR count). The summed E-state index contributed by atoms with van der Waals surface area (Å²) in [7, 11) is 0. The molecule has 2 bridgehead atoms. The topological polar surface area (TPSA) is 57.6 Å². The largest absolute Gasteiger partial charge is 0.395 e. The number of carbonyl (C=O) groups is 2. The van der Waals surface area contributed by atoms with E-state index in [4.69, 9.17) is 0 Å². The third kappa shape index (κ3) is 2.08. The zero-order valence-corrected chi connectivity index (χ0v) is 17.5. The van der Waals surface area contributed by atoms with Crippen LogP contribution in [0, 0.1) is 25.7 Å². The Bertz CT molecular complexity index is 1230. The SMILES string of the molecule is Cc1ccc(N2C(=O)[C@@H]3C4c5ccccc5C(CO)(c5ccccc54)[C@H]3C2=O)c(C)c1. The van der Waals surface area contributed by atoms with E-state index in [1.165, 1.54) is 4.90 Å². The lowest BCUT2D eigenvalue weighted by atomic mass is 9.47. The van der Waals surface area contributed by atoms with Crippen molar-refractivity contribution in [2.45, 2.75) is 25.2 Å². The smallest absolute Gasteiger partial charge is 0.239 e. The summed E-state index contributed by atoms with van der Waals surface area (Å²) in [5, 5.41) is 10.9.